The zero-order valence-electron chi connectivity index (χ0n) is 8.21. The molecule has 0 aromatic heterocycles. The molecule has 5 nitrogen and oxygen atoms in total. The second-order valence-corrected chi connectivity index (χ2v) is 5.31. The Bertz CT molecular complexity index is 543. The standard InChI is InChI=1S/C9H7BrN2O3S/c1-16(13,14)15-12-9(6-11)7-2-4-8(10)5-3-7/h2-5H,1H3. The highest BCUT2D eigenvalue weighted by atomic mass is 79.9. The maximum absolute atomic E-state index is 10.7. The van der Waals surface area contributed by atoms with Crippen LogP contribution in [0.2, 0.25) is 0 Å². The molecule has 0 spiro atoms. The average molecular weight is 303 g/mol. The lowest BCUT2D eigenvalue weighted by molar-refractivity contribution is 0.344. The number of rotatable bonds is 3. The summed E-state index contributed by atoms with van der Waals surface area (Å²) in [7, 11) is -3.69. The summed E-state index contributed by atoms with van der Waals surface area (Å²) in [6, 6.07) is 8.42. The summed E-state index contributed by atoms with van der Waals surface area (Å²) in [4.78, 5) is 0. The Hall–Kier alpha value is -1.39. The van der Waals surface area contributed by atoms with Crippen molar-refractivity contribution in [2.24, 2.45) is 5.16 Å². The summed E-state index contributed by atoms with van der Waals surface area (Å²) in [5.41, 5.74) is 0.382. The SMILES string of the molecule is CS(=O)(=O)ON=C(C#N)c1ccc(Br)cc1. The minimum absolute atomic E-state index is 0.0991. The Morgan fingerprint density at radius 3 is 2.44 bits per heavy atom. The van der Waals surface area contributed by atoms with Crippen LogP contribution in [0.1, 0.15) is 5.56 Å². The molecule has 0 saturated carbocycles. The molecule has 0 unspecified atom stereocenters. The van der Waals surface area contributed by atoms with Crippen LogP contribution in [-0.2, 0) is 14.4 Å². The van der Waals surface area contributed by atoms with Crippen molar-refractivity contribution in [1.29, 1.82) is 5.26 Å². The Kier molecular flexibility index (Phi) is 4.04. The number of benzene rings is 1. The highest BCUT2D eigenvalue weighted by Crippen LogP contribution is 2.11. The summed E-state index contributed by atoms with van der Waals surface area (Å²) in [5, 5.41) is 12.0. The molecule has 0 atom stereocenters. The highest BCUT2D eigenvalue weighted by molar-refractivity contribution is 9.10. The van der Waals surface area contributed by atoms with Crippen molar-refractivity contribution < 1.29 is 12.7 Å². The Morgan fingerprint density at radius 1 is 1.44 bits per heavy atom. The fraction of sp³-hybridized carbons (Fsp3) is 0.111. The second kappa shape index (κ2) is 5.09. The van der Waals surface area contributed by atoms with Crippen molar-refractivity contribution in [3.63, 3.8) is 0 Å². The molecule has 0 aliphatic rings. The van der Waals surface area contributed by atoms with E-state index in [0.717, 1.165) is 10.7 Å². The van der Waals surface area contributed by atoms with Gasteiger partial charge in [0.15, 0.2) is 5.71 Å². The zero-order valence-corrected chi connectivity index (χ0v) is 10.6. The van der Waals surface area contributed by atoms with E-state index in [4.69, 9.17) is 5.26 Å². The lowest BCUT2D eigenvalue weighted by Crippen LogP contribution is -2.03. The van der Waals surface area contributed by atoms with Crippen LogP contribution in [-0.4, -0.2) is 20.4 Å². The van der Waals surface area contributed by atoms with E-state index in [1.807, 2.05) is 0 Å². The quantitative estimate of drug-likeness (QED) is 0.628. The third-order valence-electron chi connectivity index (χ3n) is 1.49. The van der Waals surface area contributed by atoms with Crippen molar-refractivity contribution >= 4 is 31.8 Å². The molecule has 1 rings (SSSR count). The van der Waals surface area contributed by atoms with E-state index in [1.165, 1.54) is 0 Å². The molecule has 0 radical (unpaired) electrons. The van der Waals surface area contributed by atoms with E-state index < -0.39 is 10.1 Å². The van der Waals surface area contributed by atoms with Crippen LogP contribution in [0.15, 0.2) is 33.9 Å². The highest BCUT2D eigenvalue weighted by Gasteiger charge is 2.06. The number of oxime groups is 1. The van der Waals surface area contributed by atoms with Gasteiger partial charge in [0, 0.05) is 10.0 Å². The first-order chi connectivity index (χ1) is 7.42. The van der Waals surface area contributed by atoms with Crippen LogP contribution in [0.4, 0.5) is 0 Å². The van der Waals surface area contributed by atoms with Crippen molar-refractivity contribution in [2.45, 2.75) is 0 Å². The third-order valence-corrected chi connectivity index (χ3v) is 2.36. The number of nitrogens with zero attached hydrogens (tertiary/aromatic N) is 2. The zero-order chi connectivity index (χ0) is 12.2. The van der Waals surface area contributed by atoms with Crippen molar-refractivity contribution in [3.05, 3.63) is 34.3 Å². The molecule has 84 valence electrons. The smallest absolute Gasteiger partial charge is 0.267 e. The van der Waals surface area contributed by atoms with Crippen molar-refractivity contribution in [3.8, 4) is 6.07 Å². The van der Waals surface area contributed by atoms with Crippen LogP contribution < -0.4 is 0 Å². The van der Waals surface area contributed by atoms with E-state index in [2.05, 4.69) is 25.4 Å². The first-order valence-electron chi connectivity index (χ1n) is 4.05. The summed E-state index contributed by atoms with van der Waals surface area (Å²) in [6.07, 6.45) is 0.854. The van der Waals surface area contributed by atoms with Gasteiger partial charge < -0.3 is 0 Å². The topological polar surface area (TPSA) is 79.5 Å². The van der Waals surface area contributed by atoms with Gasteiger partial charge in [0.1, 0.15) is 6.07 Å². The summed E-state index contributed by atoms with van der Waals surface area (Å²) >= 11 is 3.24. The molecular formula is C9H7BrN2O3S. The molecule has 16 heavy (non-hydrogen) atoms. The molecule has 1 aromatic carbocycles. The predicted octanol–water partition coefficient (Wildman–Crippen LogP) is 1.65. The van der Waals surface area contributed by atoms with Gasteiger partial charge in [-0.15, -0.1) is 0 Å². The van der Waals surface area contributed by atoms with Crippen LogP contribution in [0.25, 0.3) is 0 Å². The maximum Gasteiger partial charge on any atom is 0.325 e. The Morgan fingerprint density at radius 2 is 2.00 bits per heavy atom. The molecule has 0 aliphatic heterocycles. The maximum atomic E-state index is 10.7. The molecule has 0 heterocycles. The van der Waals surface area contributed by atoms with Gasteiger partial charge in [-0.3, -0.25) is 4.28 Å². The van der Waals surface area contributed by atoms with Gasteiger partial charge in [0.2, 0.25) is 0 Å². The number of hydrogen-bond acceptors (Lipinski definition) is 5. The van der Waals surface area contributed by atoms with Crippen molar-refractivity contribution in [2.75, 3.05) is 6.26 Å². The van der Waals surface area contributed by atoms with Gasteiger partial charge in [0.25, 0.3) is 0 Å². The van der Waals surface area contributed by atoms with E-state index in [-0.39, 0.29) is 5.71 Å². The molecule has 1 aromatic rings. The van der Waals surface area contributed by atoms with Crippen LogP contribution in [0.5, 0.6) is 0 Å². The first kappa shape index (κ1) is 12.7. The summed E-state index contributed by atoms with van der Waals surface area (Å²) in [6.45, 7) is 0. The van der Waals surface area contributed by atoms with Gasteiger partial charge in [-0.1, -0.05) is 33.2 Å². The van der Waals surface area contributed by atoms with Gasteiger partial charge in [-0.25, -0.2) is 0 Å². The summed E-state index contributed by atoms with van der Waals surface area (Å²) < 4.78 is 26.4. The molecule has 0 fully saturated rings. The molecule has 0 amide bonds. The van der Waals surface area contributed by atoms with E-state index in [9.17, 15) is 8.42 Å². The van der Waals surface area contributed by atoms with Crippen molar-refractivity contribution in [1.82, 2.24) is 0 Å². The molecule has 0 aliphatic carbocycles. The van der Waals surface area contributed by atoms with Crippen LogP contribution in [0, 0.1) is 11.3 Å². The fourth-order valence-electron chi connectivity index (χ4n) is 0.850. The third kappa shape index (κ3) is 4.00. The molecule has 0 saturated heterocycles. The lowest BCUT2D eigenvalue weighted by atomic mass is 10.1. The predicted molar refractivity (Wildman–Crippen MR) is 62.2 cm³/mol. The van der Waals surface area contributed by atoms with E-state index in [1.54, 1.807) is 30.3 Å². The molecule has 7 heteroatoms. The van der Waals surface area contributed by atoms with Crippen LogP contribution >= 0.6 is 15.9 Å². The first-order valence-corrected chi connectivity index (χ1v) is 6.66. The van der Waals surface area contributed by atoms with Gasteiger partial charge in [-0.2, -0.15) is 13.7 Å². The van der Waals surface area contributed by atoms with Gasteiger partial charge in [-0.05, 0) is 12.1 Å². The normalized spacial score (nSPS) is 11.9. The van der Waals surface area contributed by atoms with Gasteiger partial charge >= 0.3 is 10.1 Å². The molecule has 0 N–H and O–H groups in total. The van der Waals surface area contributed by atoms with Crippen LogP contribution in [0.3, 0.4) is 0 Å². The minimum Gasteiger partial charge on any atom is -0.267 e. The lowest BCUT2D eigenvalue weighted by Gasteiger charge is -1.98. The Balaban J connectivity index is 3.00. The molecule has 0 bridgehead atoms. The largest absolute Gasteiger partial charge is 0.325 e. The second-order valence-electron chi connectivity index (χ2n) is 2.84. The van der Waals surface area contributed by atoms with E-state index >= 15 is 0 Å². The number of halogens is 1. The Labute approximate surface area is 102 Å². The van der Waals surface area contributed by atoms with Gasteiger partial charge in [0.05, 0.1) is 6.26 Å². The minimum atomic E-state index is -3.69. The monoisotopic (exact) mass is 302 g/mol. The summed E-state index contributed by atoms with van der Waals surface area (Å²) in [5.74, 6) is 0. The number of hydrogen-bond donors (Lipinski definition) is 0. The fourth-order valence-corrected chi connectivity index (χ4v) is 1.32. The molecular weight excluding hydrogens is 296 g/mol. The average Bonchev–Trinajstić information content (AvgIpc) is 2.20. The van der Waals surface area contributed by atoms with E-state index in [0.29, 0.717) is 5.56 Å². The number of nitriles is 1.